The Hall–Kier alpha value is -1.64. The maximum absolute atomic E-state index is 3.78. The lowest BCUT2D eigenvalue weighted by Crippen LogP contribution is -2.23. The van der Waals surface area contributed by atoms with Crippen molar-refractivity contribution in [2.24, 2.45) is 7.05 Å². The lowest BCUT2D eigenvalue weighted by atomic mass is 10.5. The van der Waals surface area contributed by atoms with Gasteiger partial charge in [-0.1, -0.05) is 6.07 Å². The molecule has 0 aliphatic rings. The molecule has 0 aromatic carbocycles. The molecule has 3 heteroatoms. The summed E-state index contributed by atoms with van der Waals surface area (Å²) in [6, 6.07) is 5.72. The Balaban J connectivity index is 0.000000146. The van der Waals surface area contributed by atoms with E-state index in [0.29, 0.717) is 0 Å². The van der Waals surface area contributed by atoms with E-state index >= 15 is 0 Å². The predicted octanol–water partition coefficient (Wildman–Crippen LogP) is 1.41. The average molecular weight is 190 g/mol. The van der Waals surface area contributed by atoms with Gasteiger partial charge >= 0.3 is 0 Å². The summed E-state index contributed by atoms with van der Waals surface area (Å²) in [5.41, 5.74) is 0. The van der Waals surface area contributed by atoms with Crippen molar-refractivity contribution in [3.8, 4) is 0 Å². The van der Waals surface area contributed by atoms with Gasteiger partial charge in [0.15, 0.2) is 0 Å². The Morgan fingerprint density at radius 1 is 1.21 bits per heavy atom. The van der Waals surface area contributed by atoms with Gasteiger partial charge in [0.25, 0.3) is 0 Å². The van der Waals surface area contributed by atoms with E-state index in [2.05, 4.69) is 29.0 Å². The molecule has 0 fully saturated rings. The summed E-state index contributed by atoms with van der Waals surface area (Å²) in [6.45, 7) is 3.18. The fourth-order valence-corrected chi connectivity index (χ4v) is 1.00. The number of hydrogen-bond acceptors (Lipinski definition) is 1. The van der Waals surface area contributed by atoms with Gasteiger partial charge in [0.2, 0.25) is 6.33 Å². The summed E-state index contributed by atoms with van der Waals surface area (Å²) in [5, 5.41) is 0. The molecular formula is C11H16N3+. The third kappa shape index (κ3) is 3.85. The van der Waals surface area contributed by atoms with Gasteiger partial charge in [0.05, 0.1) is 13.6 Å². The number of imidazole rings is 1. The molecule has 0 amide bonds. The second kappa shape index (κ2) is 5.91. The first-order valence-corrected chi connectivity index (χ1v) is 4.69. The van der Waals surface area contributed by atoms with E-state index < -0.39 is 0 Å². The maximum Gasteiger partial charge on any atom is 0.243 e. The van der Waals surface area contributed by atoms with E-state index in [4.69, 9.17) is 0 Å². The van der Waals surface area contributed by atoms with Crippen molar-refractivity contribution < 1.29 is 4.57 Å². The number of rotatable bonds is 1. The second-order valence-electron chi connectivity index (χ2n) is 2.93. The molecule has 2 aromatic rings. The predicted molar refractivity (Wildman–Crippen MR) is 55.5 cm³/mol. The maximum atomic E-state index is 3.78. The van der Waals surface area contributed by atoms with Crippen molar-refractivity contribution in [2.45, 2.75) is 13.5 Å². The molecule has 0 N–H and O–H groups in total. The molecule has 0 aliphatic carbocycles. The second-order valence-corrected chi connectivity index (χ2v) is 2.93. The van der Waals surface area contributed by atoms with Crippen LogP contribution in [0.25, 0.3) is 0 Å². The molecule has 0 atom stereocenters. The van der Waals surface area contributed by atoms with Crippen molar-refractivity contribution >= 4 is 0 Å². The van der Waals surface area contributed by atoms with Gasteiger partial charge in [-0.15, -0.1) is 0 Å². The fraction of sp³-hybridized carbons (Fsp3) is 0.273. The lowest BCUT2D eigenvalue weighted by molar-refractivity contribution is -0.671. The molecule has 2 aromatic heterocycles. The molecule has 0 spiro atoms. The molecule has 0 bridgehead atoms. The molecular weight excluding hydrogens is 174 g/mol. The SMILES string of the molecule is CCn1cc[n+](C)c1.c1ccncc1. The Kier molecular flexibility index (Phi) is 4.41. The average Bonchev–Trinajstić information content (AvgIpc) is 2.68. The first-order valence-electron chi connectivity index (χ1n) is 4.69. The molecule has 0 unspecified atom stereocenters. The van der Waals surface area contributed by atoms with E-state index in [0.717, 1.165) is 6.54 Å². The van der Waals surface area contributed by atoms with E-state index in [1.165, 1.54) is 0 Å². The molecule has 0 radical (unpaired) electrons. The van der Waals surface area contributed by atoms with Crippen LogP contribution in [0.2, 0.25) is 0 Å². The first kappa shape index (κ1) is 10.4. The van der Waals surface area contributed by atoms with E-state index in [1.54, 1.807) is 12.4 Å². The highest BCUT2D eigenvalue weighted by Gasteiger charge is 1.92. The molecule has 3 nitrogen and oxygen atoms in total. The number of aryl methyl sites for hydroxylation is 2. The van der Waals surface area contributed by atoms with Gasteiger partial charge < -0.3 is 0 Å². The summed E-state index contributed by atoms with van der Waals surface area (Å²) in [4.78, 5) is 3.78. The van der Waals surface area contributed by atoms with Crippen molar-refractivity contribution in [1.82, 2.24) is 9.55 Å². The van der Waals surface area contributed by atoms with Crippen LogP contribution in [-0.2, 0) is 13.6 Å². The topological polar surface area (TPSA) is 21.7 Å². The van der Waals surface area contributed by atoms with Gasteiger partial charge in [-0.05, 0) is 19.1 Å². The smallest absolute Gasteiger partial charge is 0.243 e. The monoisotopic (exact) mass is 190 g/mol. The van der Waals surface area contributed by atoms with Gasteiger partial charge in [0, 0.05) is 12.4 Å². The van der Waals surface area contributed by atoms with E-state index in [-0.39, 0.29) is 0 Å². The molecule has 2 heterocycles. The van der Waals surface area contributed by atoms with Crippen LogP contribution < -0.4 is 4.57 Å². The highest BCUT2D eigenvalue weighted by atomic mass is 15.1. The van der Waals surface area contributed by atoms with E-state index in [9.17, 15) is 0 Å². The molecule has 74 valence electrons. The summed E-state index contributed by atoms with van der Waals surface area (Å²) >= 11 is 0. The quantitative estimate of drug-likeness (QED) is 0.623. The minimum absolute atomic E-state index is 1.06. The third-order valence-corrected chi connectivity index (χ3v) is 1.76. The Labute approximate surface area is 84.7 Å². The number of pyridine rings is 1. The van der Waals surface area contributed by atoms with Crippen LogP contribution in [-0.4, -0.2) is 9.55 Å². The van der Waals surface area contributed by atoms with Crippen molar-refractivity contribution in [2.75, 3.05) is 0 Å². The molecule has 2 rings (SSSR count). The summed E-state index contributed by atoms with van der Waals surface area (Å²) in [6.07, 6.45) is 9.64. The largest absolute Gasteiger partial charge is 0.265 e. The van der Waals surface area contributed by atoms with Crippen LogP contribution in [0.4, 0.5) is 0 Å². The third-order valence-electron chi connectivity index (χ3n) is 1.76. The van der Waals surface area contributed by atoms with Gasteiger partial charge in [-0.25, -0.2) is 9.13 Å². The van der Waals surface area contributed by atoms with Crippen LogP contribution in [0, 0.1) is 0 Å². The Morgan fingerprint density at radius 3 is 2.14 bits per heavy atom. The fourth-order valence-electron chi connectivity index (χ4n) is 1.00. The highest BCUT2D eigenvalue weighted by molar-refractivity contribution is 4.88. The number of nitrogens with zero attached hydrogens (tertiary/aromatic N) is 3. The summed E-state index contributed by atoms with van der Waals surface area (Å²) in [7, 11) is 2.02. The van der Waals surface area contributed by atoms with Gasteiger partial charge in [-0.3, -0.25) is 4.98 Å². The van der Waals surface area contributed by atoms with Crippen molar-refractivity contribution in [3.63, 3.8) is 0 Å². The van der Waals surface area contributed by atoms with E-state index in [1.807, 2.05) is 36.0 Å². The molecule has 0 aliphatic heterocycles. The standard InChI is InChI=1S/C6H11N2.C5H5N/c1-3-8-5-4-7(2)6-8;1-2-4-6-5-3-1/h4-6H,3H2,1-2H3;1-5H/q+1;. The zero-order chi connectivity index (χ0) is 10.2. The van der Waals surface area contributed by atoms with Crippen molar-refractivity contribution in [1.29, 1.82) is 0 Å². The Bertz CT molecular complexity index is 314. The molecule has 14 heavy (non-hydrogen) atoms. The zero-order valence-corrected chi connectivity index (χ0v) is 8.67. The zero-order valence-electron chi connectivity index (χ0n) is 8.67. The molecule has 0 saturated carbocycles. The first-order chi connectivity index (χ1) is 6.83. The molecule has 0 saturated heterocycles. The van der Waals surface area contributed by atoms with Crippen LogP contribution >= 0.6 is 0 Å². The van der Waals surface area contributed by atoms with Crippen molar-refractivity contribution in [3.05, 3.63) is 49.3 Å². The normalized spacial score (nSPS) is 9.00. The summed E-state index contributed by atoms with van der Waals surface area (Å²) in [5.74, 6) is 0. The van der Waals surface area contributed by atoms with Crippen LogP contribution in [0.1, 0.15) is 6.92 Å². The van der Waals surface area contributed by atoms with Crippen LogP contribution in [0.3, 0.4) is 0 Å². The van der Waals surface area contributed by atoms with Crippen LogP contribution in [0.15, 0.2) is 49.3 Å². The minimum Gasteiger partial charge on any atom is -0.265 e. The summed E-state index contributed by atoms with van der Waals surface area (Å²) < 4.78 is 4.16. The minimum atomic E-state index is 1.06. The van der Waals surface area contributed by atoms with Gasteiger partial charge in [-0.2, -0.15) is 0 Å². The van der Waals surface area contributed by atoms with Crippen LogP contribution in [0.5, 0.6) is 0 Å². The number of hydrogen-bond donors (Lipinski definition) is 0. The lowest BCUT2D eigenvalue weighted by Gasteiger charge is -1.81. The Morgan fingerprint density at radius 2 is 1.93 bits per heavy atom. The van der Waals surface area contributed by atoms with Gasteiger partial charge in [0.1, 0.15) is 12.4 Å². The number of aromatic nitrogens is 3. The highest BCUT2D eigenvalue weighted by Crippen LogP contribution is 1.79.